The molecule has 0 N–H and O–H groups in total. The van der Waals surface area contributed by atoms with E-state index >= 15 is 0 Å². The number of hydrogen-bond acceptors (Lipinski definition) is 0. The highest BCUT2D eigenvalue weighted by atomic mass is 14.1. The molecule has 0 atom stereocenters. The molecular formula is C16H17+. The van der Waals surface area contributed by atoms with E-state index in [1.807, 2.05) is 0 Å². The quantitative estimate of drug-likeness (QED) is 0.660. The van der Waals surface area contributed by atoms with Crippen LogP contribution in [0.3, 0.4) is 0 Å². The second-order valence-electron chi connectivity index (χ2n) is 4.13. The molecule has 0 aliphatic rings. The fraction of sp³-hybridized carbons (Fsp3) is 0.188. The lowest BCUT2D eigenvalue weighted by Crippen LogP contribution is -1.96. The van der Waals surface area contributed by atoms with Crippen LogP contribution < -0.4 is 0 Å². The van der Waals surface area contributed by atoms with Crippen LogP contribution >= 0.6 is 0 Å². The van der Waals surface area contributed by atoms with Crippen LogP contribution in [0.4, 0.5) is 0 Å². The van der Waals surface area contributed by atoms with Gasteiger partial charge in [0.25, 0.3) is 0 Å². The lowest BCUT2D eigenvalue weighted by Gasteiger charge is -2.05. The summed E-state index contributed by atoms with van der Waals surface area (Å²) in [6, 6.07) is 21.3. The van der Waals surface area contributed by atoms with Gasteiger partial charge in [0.2, 0.25) is 0 Å². The second kappa shape index (κ2) is 5.41. The van der Waals surface area contributed by atoms with Crippen molar-refractivity contribution in [3.63, 3.8) is 0 Å². The van der Waals surface area contributed by atoms with Crippen molar-refractivity contribution in [1.82, 2.24) is 0 Å². The summed E-state index contributed by atoms with van der Waals surface area (Å²) >= 11 is 0. The van der Waals surface area contributed by atoms with Crippen LogP contribution in [-0.4, -0.2) is 0 Å². The first-order valence-corrected chi connectivity index (χ1v) is 5.78. The molecule has 0 aliphatic heterocycles. The monoisotopic (exact) mass is 209 g/mol. The zero-order chi connectivity index (χ0) is 11.2. The summed E-state index contributed by atoms with van der Waals surface area (Å²) in [7, 11) is 0. The minimum Gasteiger partial charge on any atom is -0.0622 e. The van der Waals surface area contributed by atoms with Crippen LogP contribution in [0.2, 0.25) is 0 Å². The Balaban J connectivity index is 1.92. The van der Waals surface area contributed by atoms with Crippen molar-refractivity contribution in [3.8, 4) is 0 Å². The van der Waals surface area contributed by atoms with E-state index < -0.39 is 0 Å². The zero-order valence-electron chi connectivity index (χ0n) is 9.69. The predicted octanol–water partition coefficient (Wildman–Crippen LogP) is 4.26. The lowest BCUT2D eigenvalue weighted by molar-refractivity contribution is 0.855. The maximum Gasteiger partial charge on any atom is 0.132 e. The van der Waals surface area contributed by atoms with Gasteiger partial charge in [0.15, 0.2) is 0 Å². The molecule has 0 nitrogen and oxygen atoms in total. The van der Waals surface area contributed by atoms with Gasteiger partial charge in [0, 0.05) is 31.4 Å². The summed E-state index contributed by atoms with van der Waals surface area (Å²) in [5.74, 6) is 1.46. The van der Waals surface area contributed by atoms with E-state index in [1.165, 1.54) is 17.0 Å². The molecule has 0 aliphatic carbocycles. The average molecular weight is 209 g/mol. The first-order chi connectivity index (χ1) is 7.86. The van der Waals surface area contributed by atoms with Gasteiger partial charge in [0.1, 0.15) is 5.56 Å². The van der Waals surface area contributed by atoms with Crippen molar-refractivity contribution < 1.29 is 0 Å². The molecule has 0 saturated carbocycles. The number of benzene rings is 2. The van der Waals surface area contributed by atoms with E-state index in [0.29, 0.717) is 0 Å². The van der Waals surface area contributed by atoms with E-state index in [9.17, 15) is 0 Å². The van der Waals surface area contributed by atoms with E-state index in [4.69, 9.17) is 0 Å². The molecule has 0 heterocycles. The molecule has 0 bridgehead atoms. The molecule has 0 heteroatoms. The molecule has 0 fully saturated rings. The molecule has 0 spiro atoms. The molecule has 0 unspecified atom stereocenters. The number of rotatable bonds is 4. The van der Waals surface area contributed by atoms with Gasteiger partial charge in [-0.2, -0.15) is 0 Å². The van der Waals surface area contributed by atoms with Crippen LogP contribution in [-0.2, 0) is 6.42 Å². The molecule has 80 valence electrons. The van der Waals surface area contributed by atoms with Gasteiger partial charge in [-0.15, -0.1) is 0 Å². The van der Waals surface area contributed by atoms with Crippen LogP contribution in [0.5, 0.6) is 0 Å². The Morgan fingerprint density at radius 1 is 0.812 bits per heavy atom. The van der Waals surface area contributed by atoms with Crippen LogP contribution in [0, 0.1) is 5.92 Å². The van der Waals surface area contributed by atoms with E-state index in [1.54, 1.807) is 0 Å². The fourth-order valence-electron chi connectivity index (χ4n) is 1.84. The van der Waals surface area contributed by atoms with Crippen LogP contribution in [0.1, 0.15) is 24.5 Å². The SMILES string of the molecule is C[C+](CCc1ccccc1)c1ccccc1. The van der Waals surface area contributed by atoms with Crippen molar-refractivity contribution in [2.45, 2.75) is 19.8 Å². The van der Waals surface area contributed by atoms with Gasteiger partial charge < -0.3 is 0 Å². The van der Waals surface area contributed by atoms with E-state index in [-0.39, 0.29) is 0 Å². The molecule has 2 rings (SSSR count). The number of hydrogen-bond donors (Lipinski definition) is 0. The van der Waals surface area contributed by atoms with Crippen LogP contribution in [0.25, 0.3) is 0 Å². The van der Waals surface area contributed by atoms with Crippen molar-refractivity contribution >= 4 is 0 Å². The molecule has 0 aromatic heterocycles. The Kier molecular flexibility index (Phi) is 3.66. The molecule has 16 heavy (non-hydrogen) atoms. The number of aryl methyl sites for hydroxylation is 1. The highest BCUT2D eigenvalue weighted by molar-refractivity contribution is 5.29. The highest BCUT2D eigenvalue weighted by Gasteiger charge is 2.11. The summed E-state index contributed by atoms with van der Waals surface area (Å²) in [6.07, 6.45) is 2.26. The minimum atomic E-state index is 1.13. The fourth-order valence-corrected chi connectivity index (χ4v) is 1.84. The van der Waals surface area contributed by atoms with Crippen molar-refractivity contribution in [3.05, 3.63) is 77.7 Å². The smallest absolute Gasteiger partial charge is 0.0622 e. The Morgan fingerprint density at radius 2 is 1.38 bits per heavy atom. The second-order valence-corrected chi connectivity index (χ2v) is 4.13. The van der Waals surface area contributed by atoms with Gasteiger partial charge in [-0.05, 0) is 30.2 Å². The molecule has 0 radical (unpaired) electrons. The topological polar surface area (TPSA) is 0 Å². The first-order valence-electron chi connectivity index (χ1n) is 5.78. The largest absolute Gasteiger partial charge is 0.132 e. The Bertz CT molecular complexity index is 403. The molecule has 2 aromatic rings. The van der Waals surface area contributed by atoms with Crippen molar-refractivity contribution in [2.75, 3.05) is 0 Å². The minimum absolute atomic E-state index is 1.13. The average Bonchev–Trinajstić information content (AvgIpc) is 2.38. The Morgan fingerprint density at radius 3 is 2.00 bits per heavy atom. The lowest BCUT2D eigenvalue weighted by atomic mass is 9.94. The van der Waals surface area contributed by atoms with E-state index in [2.05, 4.69) is 67.6 Å². The summed E-state index contributed by atoms with van der Waals surface area (Å²) < 4.78 is 0. The summed E-state index contributed by atoms with van der Waals surface area (Å²) in [5, 5.41) is 0. The van der Waals surface area contributed by atoms with Gasteiger partial charge in [-0.3, -0.25) is 0 Å². The summed E-state index contributed by atoms with van der Waals surface area (Å²) in [6.45, 7) is 2.22. The highest BCUT2D eigenvalue weighted by Crippen LogP contribution is 2.19. The Labute approximate surface area is 97.9 Å². The maximum absolute atomic E-state index is 2.22. The van der Waals surface area contributed by atoms with Gasteiger partial charge in [-0.25, -0.2) is 0 Å². The normalized spacial score (nSPS) is 10.1. The molecule has 0 saturated heterocycles. The maximum atomic E-state index is 2.22. The molecule has 2 aromatic carbocycles. The van der Waals surface area contributed by atoms with Crippen molar-refractivity contribution in [2.24, 2.45) is 0 Å². The summed E-state index contributed by atoms with van der Waals surface area (Å²) in [5.41, 5.74) is 2.77. The first kappa shape index (κ1) is 10.8. The van der Waals surface area contributed by atoms with Crippen molar-refractivity contribution in [1.29, 1.82) is 0 Å². The third kappa shape index (κ3) is 2.90. The molecule has 0 amide bonds. The summed E-state index contributed by atoms with van der Waals surface area (Å²) in [4.78, 5) is 0. The van der Waals surface area contributed by atoms with Gasteiger partial charge in [-0.1, -0.05) is 30.3 Å². The standard InChI is InChI=1S/C16H17/c1-14(16-10-6-3-7-11-16)12-13-15-8-4-2-5-9-15/h2-11H,12-13H2,1H3/q+1. The van der Waals surface area contributed by atoms with Crippen LogP contribution in [0.15, 0.2) is 60.7 Å². The molecular weight excluding hydrogens is 192 g/mol. The Hall–Kier alpha value is -1.69. The third-order valence-electron chi connectivity index (χ3n) is 2.90. The van der Waals surface area contributed by atoms with E-state index in [0.717, 1.165) is 12.8 Å². The van der Waals surface area contributed by atoms with Gasteiger partial charge >= 0.3 is 0 Å². The zero-order valence-corrected chi connectivity index (χ0v) is 9.69. The van der Waals surface area contributed by atoms with Gasteiger partial charge in [0.05, 0.1) is 0 Å². The third-order valence-corrected chi connectivity index (χ3v) is 2.90. The predicted molar refractivity (Wildman–Crippen MR) is 69.2 cm³/mol.